The number of hydrogen-bond donors (Lipinski definition) is 1. The van der Waals surface area contributed by atoms with E-state index >= 15 is 0 Å². The molecule has 0 aromatic rings. The fourth-order valence-corrected chi connectivity index (χ4v) is 4.71. The molecule has 0 spiro atoms. The minimum atomic E-state index is -2.91. The molecule has 19 heavy (non-hydrogen) atoms. The van der Waals surface area contributed by atoms with Crippen LogP contribution in [0.4, 0.5) is 0 Å². The maximum Gasteiger partial charge on any atom is 0.223 e. The highest BCUT2D eigenvalue weighted by molar-refractivity contribution is 7.91. The second-order valence-electron chi connectivity index (χ2n) is 5.72. The normalized spacial score (nSPS) is 26.1. The highest BCUT2D eigenvalue weighted by Gasteiger charge is 2.33. The first-order valence-electron chi connectivity index (χ1n) is 7.12. The lowest BCUT2D eigenvalue weighted by Gasteiger charge is -2.38. The third kappa shape index (κ3) is 3.92. The lowest BCUT2D eigenvalue weighted by atomic mass is 9.90. The van der Waals surface area contributed by atoms with Crippen LogP contribution in [0.25, 0.3) is 0 Å². The first kappa shape index (κ1) is 14.8. The van der Waals surface area contributed by atoms with Crippen molar-refractivity contribution in [1.29, 1.82) is 0 Å². The van der Waals surface area contributed by atoms with Crippen LogP contribution in [0.1, 0.15) is 38.5 Å². The van der Waals surface area contributed by atoms with Gasteiger partial charge in [0.25, 0.3) is 0 Å². The molecule has 0 bridgehead atoms. The Labute approximate surface area is 114 Å². The summed E-state index contributed by atoms with van der Waals surface area (Å²) in [7, 11) is -2.91. The van der Waals surface area contributed by atoms with Crippen LogP contribution in [0.2, 0.25) is 0 Å². The van der Waals surface area contributed by atoms with Crippen molar-refractivity contribution in [2.75, 3.05) is 24.7 Å². The van der Waals surface area contributed by atoms with E-state index in [9.17, 15) is 13.2 Å². The zero-order valence-corrected chi connectivity index (χ0v) is 12.1. The number of hydrogen-bond acceptors (Lipinski definition) is 4. The SMILES string of the molecule is O=C(CC1CCS(=O)(=O)C1)N(CCCO)C1CCC1. The number of carbonyl (C=O) groups is 1. The van der Waals surface area contributed by atoms with Crippen LogP contribution in [0, 0.1) is 5.92 Å². The summed E-state index contributed by atoms with van der Waals surface area (Å²) in [6, 6.07) is 0.317. The summed E-state index contributed by atoms with van der Waals surface area (Å²) in [5, 5.41) is 8.90. The van der Waals surface area contributed by atoms with E-state index in [1.54, 1.807) is 0 Å². The Morgan fingerprint density at radius 2 is 2.00 bits per heavy atom. The van der Waals surface area contributed by atoms with E-state index in [0.29, 0.717) is 31.8 Å². The van der Waals surface area contributed by atoms with Crippen molar-refractivity contribution in [3.05, 3.63) is 0 Å². The number of amides is 1. The predicted molar refractivity (Wildman–Crippen MR) is 72.4 cm³/mol. The minimum Gasteiger partial charge on any atom is -0.396 e. The van der Waals surface area contributed by atoms with Gasteiger partial charge in [0, 0.05) is 25.6 Å². The monoisotopic (exact) mass is 289 g/mol. The van der Waals surface area contributed by atoms with Gasteiger partial charge in [0.05, 0.1) is 11.5 Å². The van der Waals surface area contributed by atoms with Crippen LogP contribution in [0.15, 0.2) is 0 Å². The highest BCUT2D eigenvalue weighted by Crippen LogP contribution is 2.28. The Kier molecular flexibility index (Phi) is 4.84. The molecule has 1 heterocycles. The minimum absolute atomic E-state index is 0.00537. The zero-order valence-electron chi connectivity index (χ0n) is 11.3. The van der Waals surface area contributed by atoms with Gasteiger partial charge in [-0.15, -0.1) is 0 Å². The van der Waals surface area contributed by atoms with Crippen molar-refractivity contribution < 1.29 is 18.3 Å². The molecule has 1 aliphatic heterocycles. The van der Waals surface area contributed by atoms with Crippen molar-refractivity contribution in [3.8, 4) is 0 Å². The Balaban J connectivity index is 1.88. The summed E-state index contributed by atoms with van der Waals surface area (Å²) in [5.74, 6) is 0.455. The number of rotatable bonds is 6. The molecule has 6 heteroatoms. The van der Waals surface area contributed by atoms with E-state index in [4.69, 9.17) is 5.11 Å². The summed E-state index contributed by atoms with van der Waals surface area (Å²) in [4.78, 5) is 14.2. The molecule has 1 aliphatic carbocycles. The summed E-state index contributed by atoms with van der Waals surface area (Å²) in [6.45, 7) is 0.688. The highest BCUT2D eigenvalue weighted by atomic mass is 32.2. The fraction of sp³-hybridized carbons (Fsp3) is 0.923. The maximum absolute atomic E-state index is 12.3. The van der Waals surface area contributed by atoms with Gasteiger partial charge in [-0.05, 0) is 38.0 Å². The standard InChI is InChI=1S/C13H23NO4S/c15-7-2-6-14(12-3-1-4-12)13(16)9-11-5-8-19(17,18)10-11/h11-12,15H,1-10H2. The van der Waals surface area contributed by atoms with Crippen molar-refractivity contribution >= 4 is 15.7 Å². The van der Waals surface area contributed by atoms with Crippen molar-refractivity contribution in [2.24, 2.45) is 5.92 Å². The van der Waals surface area contributed by atoms with Gasteiger partial charge >= 0.3 is 0 Å². The molecule has 1 unspecified atom stereocenters. The number of carbonyl (C=O) groups excluding carboxylic acids is 1. The van der Waals surface area contributed by atoms with Crippen LogP contribution in [-0.4, -0.2) is 55.0 Å². The van der Waals surface area contributed by atoms with E-state index in [-0.39, 0.29) is 29.9 Å². The van der Waals surface area contributed by atoms with E-state index in [1.807, 2.05) is 4.90 Å². The molecular formula is C13H23NO4S. The third-order valence-electron chi connectivity index (χ3n) is 4.18. The maximum atomic E-state index is 12.3. The molecule has 5 nitrogen and oxygen atoms in total. The largest absolute Gasteiger partial charge is 0.396 e. The second-order valence-corrected chi connectivity index (χ2v) is 7.95. The Morgan fingerprint density at radius 3 is 2.47 bits per heavy atom. The van der Waals surface area contributed by atoms with Crippen LogP contribution in [-0.2, 0) is 14.6 Å². The molecule has 1 saturated carbocycles. The number of aliphatic hydroxyl groups is 1. The summed E-state index contributed by atoms with van der Waals surface area (Å²) in [6.07, 6.45) is 4.81. The summed E-state index contributed by atoms with van der Waals surface area (Å²) < 4.78 is 22.8. The van der Waals surface area contributed by atoms with Gasteiger partial charge in [0.2, 0.25) is 5.91 Å². The summed E-state index contributed by atoms with van der Waals surface area (Å²) >= 11 is 0. The molecular weight excluding hydrogens is 266 g/mol. The molecule has 0 radical (unpaired) electrons. The van der Waals surface area contributed by atoms with Gasteiger partial charge in [-0.1, -0.05) is 0 Å². The molecule has 110 valence electrons. The Bertz CT molecular complexity index is 416. The topological polar surface area (TPSA) is 74.7 Å². The molecule has 1 amide bonds. The van der Waals surface area contributed by atoms with Gasteiger partial charge in [0.1, 0.15) is 0 Å². The van der Waals surface area contributed by atoms with Crippen LogP contribution in [0.3, 0.4) is 0 Å². The van der Waals surface area contributed by atoms with Crippen LogP contribution in [0.5, 0.6) is 0 Å². The zero-order chi connectivity index (χ0) is 13.9. The Morgan fingerprint density at radius 1 is 1.26 bits per heavy atom. The van der Waals surface area contributed by atoms with Crippen molar-refractivity contribution in [2.45, 2.75) is 44.6 Å². The van der Waals surface area contributed by atoms with Crippen molar-refractivity contribution in [1.82, 2.24) is 4.90 Å². The molecule has 1 atom stereocenters. The van der Waals surface area contributed by atoms with Crippen LogP contribution >= 0.6 is 0 Å². The molecule has 0 aromatic carbocycles. The molecule has 2 fully saturated rings. The lowest BCUT2D eigenvalue weighted by Crippen LogP contribution is -2.45. The number of aliphatic hydroxyl groups excluding tert-OH is 1. The van der Waals surface area contributed by atoms with Gasteiger partial charge in [-0.25, -0.2) is 8.42 Å². The van der Waals surface area contributed by atoms with Gasteiger partial charge < -0.3 is 10.0 Å². The van der Waals surface area contributed by atoms with E-state index < -0.39 is 9.84 Å². The number of sulfone groups is 1. The van der Waals surface area contributed by atoms with Gasteiger partial charge in [-0.3, -0.25) is 4.79 Å². The van der Waals surface area contributed by atoms with Gasteiger partial charge in [0.15, 0.2) is 9.84 Å². The quantitative estimate of drug-likeness (QED) is 0.776. The predicted octanol–water partition coefficient (Wildman–Crippen LogP) is 0.575. The lowest BCUT2D eigenvalue weighted by molar-refractivity contribution is -0.136. The van der Waals surface area contributed by atoms with Gasteiger partial charge in [-0.2, -0.15) is 0 Å². The number of nitrogens with zero attached hydrogens (tertiary/aromatic N) is 1. The Hall–Kier alpha value is -0.620. The summed E-state index contributed by atoms with van der Waals surface area (Å²) in [5.41, 5.74) is 0. The first-order chi connectivity index (χ1) is 9.02. The van der Waals surface area contributed by atoms with E-state index in [0.717, 1.165) is 19.3 Å². The smallest absolute Gasteiger partial charge is 0.223 e. The molecule has 0 aromatic heterocycles. The molecule has 1 N–H and O–H groups in total. The first-order valence-corrected chi connectivity index (χ1v) is 8.95. The second kappa shape index (κ2) is 6.22. The molecule has 2 rings (SSSR count). The van der Waals surface area contributed by atoms with E-state index in [2.05, 4.69) is 0 Å². The molecule has 1 saturated heterocycles. The van der Waals surface area contributed by atoms with E-state index in [1.165, 1.54) is 0 Å². The average Bonchev–Trinajstić information content (AvgIpc) is 2.61. The average molecular weight is 289 g/mol. The molecule has 2 aliphatic rings. The van der Waals surface area contributed by atoms with Crippen LogP contribution < -0.4 is 0 Å². The van der Waals surface area contributed by atoms with Crippen molar-refractivity contribution in [3.63, 3.8) is 0 Å². The third-order valence-corrected chi connectivity index (χ3v) is 6.02. The fourth-order valence-electron chi connectivity index (χ4n) is 2.85.